The van der Waals surface area contributed by atoms with Crippen LogP contribution in [-0.4, -0.2) is 131 Å². The average molecular weight is 818 g/mol. The number of carbonyl (C=O) groups is 6. The van der Waals surface area contributed by atoms with Gasteiger partial charge in [-0.1, -0.05) is 83.5 Å². The standard InChI is InChI=1S/C40H75N5O12/c41-22-16-13-17-23-42-37(48)32-56-30-29-55-27-25-44-38(49)33-57-31-28-54-26-24-43-35(46)21-20-34(40(52)53)45-36(47)18-14-11-9-7-5-3-1-2-4-6-8-10-12-15-19-39(50)51/h34H,1-33,41H2,(H,42,48)(H,43,46)(H,44,49)(H,45,47)(H,50,51)(H,52,53). The lowest BCUT2D eigenvalue weighted by Gasteiger charge is -2.14. The van der Waals surface area contributed by atoms with E-state index in [1.54, 1.807) is 0 Å². The average Bonchev–Trinajstić information content (AvgIpc) is 3.17. The van der Waals surface area contributed by atoms with E-state index in [9.17, 15) is 33.9 Å². The van der Waals surface area contributed by atoms with Crippen LogP contribution in [0.5, 0.6) is 0 Å². The molecule has 0 heterocycles. The monoisotopic (exact) mass is 818 g/mol. The van der Waals surface area contributed by atoms with Gasteiger partial charge in [-0.15, -0.1) is 0 Å². The first-order valence-electron chi connectivity index (χ1n) is 21.2. The van der Waals surface area contributed by atoms with Crippen molar-refractivity contribution in [2.24, 2.45) is 5.73 Å². The second-order valence-electron chi connectivity index (χ2n) is 14.1. The first-order chi connectivity index (χ1) is 27.6. The molecule has 0 spiro atoms. The molecule has 1 unspecified atom stereocenters. The quantitative estimate of drug-likeness (QED) is 0.0437. The van der Waals surface area contributed by atoms with Crippen molar-refractivity contribution in [2.75, 3.05) is 79.0 Å². The summed E-state index contributed by atoms with van der Waals surface area (Å²) in [7, 11) is 0. The number of amides is 4. The highest BCUT2D eigenvalue weighted by molar-refractivity contribution is 5.84. The molecule has 0 aromatic heterocycles. The molecule has 0 aliphatic heterocycles. The number of ether oxygens (including phenoxy) is 4. The van der Waals surface area contributed by atoms with E-state index in [1.165, 1.54) is 44.9 Å². The first kappa shape index (κ1) is 53.6. The van der Waals surface area contributed by atoms with E-state index in [2.05, 4.69) is 21.3 Å². The Bertz CT molecular complexity index is 1050. The molecule has 0 bridgehead atoms. The van der Waals surface area contributed by atoms with Gasteiger partial charge in [0.15, 0.2) is 0 Å². The van der Waals surface area contributed by atoms with Gasteiger partial charge < -0.3 is 56.2 Å². The summed E-state index contributed by atoms with van der Waals surface area (Å²) in [6.45, 7) is 3.05. The Kier molecular flexibility index (Phi) is 38.4. The SMILES string of the molecule is NCCCCCNC(=O)COCCOCCNC(=O)COCCOCCNC(=O)CCC(NC(=O)CCCCCCCCCCCCCCCCC(=O)O)C(=O)O. The maximum absolute atomic E-state index is 12.3. The van der Waals surface area contributed by atoms with Crippen molar-refractivity contribution in [3.63, 3.8) is 0 Å². The molecule has 57 heavy (non-hydrogen) atoms. The van der Waals surface area contributed by atoms with Gasteiger partial charge in [0.05, 0.1) is 39.6 Å². The summed E-state index contributed by atoms with van der Waals surface area (Å²) < 4.78 is 21.3. The van der Waals surface area contributed by atoms with Crippen LogP contribution in [0.4, 0.5) is 0 Å². The molecule has 0 radical (unpaired) electrons. The van der Waals surface area contributed by atoms with Gasteiger partial charge >= 0.3 is 11.9 Å². The molecule has 17 heteroatoms. The van der Waals surface area contributed by atoms with Crippen LogP contribution >= 0.6 is 0 Å². The van der Waals surface area contributed by atoms with Crippen LogP contribution in [0.2, 0.25) is 0 Å². The van der Waals surface area contributed by atoms with Crippen LogP contribution in [0.3, 0.4) is 0 Å². The summed E-state index contributed by atoms with van der Waals surface area (Å²) in [5.74, 6) is -3.04. The molecule has 0 fully saturated rings. The molecular formula is C40H75N5O12. The maximum atomic E-state index is 12.3. The molecule has 17 nitrogen and oxygen atoms in total. The number of rotatable bonds is 43. The van der Waals surface area contributed by atoms with E-state index in [4.69, 9.17) is 29.8 Å². The predicted octanol–water partition coefficient (Wildman–Crippen LogP) is 3.21. The third kappa shape index (κ3) is 40.6. The van der Waals surface area contributed by atoms with Crippen LogP contribution in [0, 0.1) is 0 Å². The van der Waals surface area contributed by atoms with Gasteiger partial charge in [-0.25, -0.2) is 4.79 Å². The van der Waals surface area contributed by atoms with Gasteiger partial charge in [-0.3, -0.25) is 24.0 Å². The molecule has 0 aliphatic carbocycles. The molecule has 1 atom stereocenters. The number of unbranched alkanes of at least 4 members (excludes halogenated alkanes) is 15. The van der Waals surface area contributed by atoms with Crippen LogP contribution in [0.1, 0.15) is 135 Å². The lowest BCUT2D eigenvalue weighted by molar-refractivity contribution is -0.142. The summed E-state index contributed by atoms with van der Waals surface area (Å²) in [6.07, 6.45) is 18.4. The molecule has 0 rings (SSSR count). The predicted molar refractivity (Wildman–Crippen MR) is 216 cm³/mol. The molecule has 0 aliphatic rings. The van der Waals surface area contributed by atoms with Gasteiger partial charge in [0.25, 0.3) is 0 Å². The Morgan fingerprint density at radius 2 is 0.860 bits per heavy atom. The number of nitrogens with two attached hydrogens (primary N) is 1. The highest BCUT2D eigenvalue weighted by Gasteiger charge is 2.20. The highest BCUT2D eigenvalue weighted by Crippen LogP contribution is 2.14. The smallest absolute Gasteiger partial charge is 0.326 e. The normalized spacial score (nSPS) is 11.5. The van der Waals surface area contributed by atoms with E-state index < -0.39 is 18.0 Å². The van der Waals surface area contributed by atoms with Gasteiger partial charge in [0, 0.05) is 38.9 Å². The van der Waals surface area contributed by atoms with Crippen molar-refractivity contribution in [1.82, 2.24) is 21.3 Å². The van der Waals surface area contributed by atoms with Crippen molar-refractivity contribution in [1.29, 1.82) is 0 Å². The second-order valence-corrected chi connectivity index (χ2v) is 14.1. The topological polar surface area (TPSA) is 254 Å². The van der Waals surface area contributed by atoms with E-state index in [1.807, 2.05) is 0 Å². The summed E-state index contributed by atoms with van der Waals surface area (Å²) in [6, 6.07) is -1.13. The summed E-state index contributed by atoms with van der Waals surface area (Å²) in [5.41, 5.74) is 5.43. The van der Waals surface area contributed by atoms with Crippen molar-refractivity contribution in [3.05, 3.63) is 0 Å². The minimum atomic E-state index is -1.18. The Hall–Kier alpha value is -3.38. The van der Waals surface area contributed by atoms with E-state index in [0.717, 1.165) is 57.8 Å². The Morgan fingerprint density at radius 1 is 0.439 bits per heavy atom. The fourth-order valence-corrected chi connectivity index (χ4v) is 5.64. The number of carboxylic acid groups (broad SMARTS) is 2. The fraction of sp³-hybridized carbons (Fsp3) is 0.850. The third-order valence-electron chi connectivity index (χ3n) is 8.89. The molecule has 0 aromatic rings. The summed E-state index contributed by atoms with van der Waals surface area (Å²) >= 11 is 0. The van der Waals surface area contributed by atoms with Crippen LogP contribution < -0.4 is 27.0 Å². The number of hydrogen-bond donors (Lipinski definition) is 7. The number of nitrogens with one attached hydrogen (secondary N) is 4. The van der Waals surface area contributed by atoms with Crippen LogP contribution in [-0.2, 0) is 47.7 Å². The zero-order chi connectivity index (χ0) is 42.0. The minimum absolute atomic E-state index is 0.0200. The van der Waals surface area contributed by atoms with E-state index >= 15 is 0 Å². The molecule has 4 amide bonds. The Morgan fingerprint density at radius 3 is 1.33 bits per heavy atom. The fourth-order valence-electron chi connectivity index (χ4n) is 5.64. The van der Waals surface area contributed by atoms with Crippen molar-refractivity contribution >= 4 is 35.6 Å². The van der Waals surface area contributed by atoms with E-state index in [0.29, 0.717) is 32.7 Å². The lowest BCUT2D eigenvalue weighted by Crippen LogP contribution is -2.41. The van der Waals surface area contributed by atoms with Gasteiger partial charge in [0.1, 0.15) is 19.3 Å². The van der Waals surface area contributed by atoms with Crippen molar-refractivity contribution in [2.45, 2.75) is 141 Å². The molecular weight excluding hydrogens is 742 g/mol. The number of carboxylic acids is 2. The maximum Gasteiger partial charge on any atom is 0.326 e. The summed E-state index contributed by atoms with van der Waals surface area (Å²) in [5, 5.41) is 28.8. The lowest BCUT2D eigenvalue weighted by atomic mass is 10.0. The molecule has 0 saturated carbocycles. The van der Waals surface area contributed by atoms with E-state index in [-0.39, 0.29) is 102 Å². The summed E-state index contributed by atoms with van der Waals surface area (Å²) in [4.78, 5) is 70.1. The Labute approximate surface area is 340 Å². The highest BCUT2D eigenvalue weighted by atomic mass is 16.5. The van der Waals surface area contributed by atoms with Gasteiger partial charge in [-0.2, -0.15) is 0 Å². The van der Waals surface area contributed by atoms with Gasteiger partial charge in [0.2, 0.25) is 23.6 Å². The van der Waals surface area contributed by atoms with Crippen LogP contribution in [0.25, 0.3) is 0 Å². The zero-order valence-electron chi connectivity index (χ0n) is 34.5. The largest absolute Gasteiger partial charge is 0.481 e. The van der Waals surface area contributed by atoms with Gasteiger partial charge in [-0.05, 0) is 38.6 Å². The first-order valence-corrected chi connectivity index (χ1v) is 21.2. The molecule has 0 aromatic carbocycles. The second kappa shape index (κ2) is 40.8. The molecule has 8 N–H and O–H groups in total. The van der Waals surface area contributed by atoms with Crippen LogP contribution in [0.15, 0.2) is 0 Å². The Balaban J connectivity index is 3.64. The molecule has 332 valence electrons. The zero-order valence-corrected chi connectivity index (χ0v) is 34.5. The van der Waals surface area contributed by atoms with Crippen molar-refractivity contribution < 1.29 is 57.9 Å². The number of hydrogen-bond acceptors (Lipinski definition) is 11. The molecule has 0 saturated heterocycles. The third-order valence-corrected chi connectivity index (χ3v) is 8.89. The minimum Gasteiger partial charge on any atom is -0.481 e. The number of aliphatic carboxylic acids is 2. The van der Waals surface area contributed by atoms with Crippen molar-refractivity contribution in [3.8, 4) is 0 Å². The number of carbonyl (C=O) groups excluding carboxylic acids is 4.